The first-order chi connectivity index (χ1) is 9.69. The molecule has 0 spiro atoms. The molecule has 0 aliphatic rings. The van der Waals surface area contributed by atoms with Gasteiger partial charge in [-0.2, -0.15) is 0 Å². The molecule has 0 unspecified atom stereocenters. The van der Waals surface area contributed by atoms with Gasteiger partial charge in [0.05, 0.1) is 5.56 Å². The minimum atomic E-state index is -0.334. The van der Waals surface area contributed by atoms with Crippen LogP contribution in [0.4, 0.5) is 5.69 Å². The van der Waals surface area contributed by atoms with Crippen molar-refractivity contribution < 1.29 is 4.42 Å². The summed E-state index contributed by atoms with van der Waals surface area (Å²) in [5.74, 6) is 0. The van der Waals surface area contributed by atoms with E-state index in [0.717, 1.165) is 24.2 Å². The van der Waals surface area contributed by atoms with Crippen LogP contribution in [0.3, 0.4) is 0 Å². The van der Waals surface area contributed by atoms with E-state index in [-0.39, 0.29) is 5.63 Å². The molecule has 2 N–H and O–H groups in total. The zero-order valence-electron chi connectivity index (χ0n) is 11.9. The number of fused-ring (bicyclic) bond motifs is 1. The predicted molar refractivity (Wildman–Crippen MR) is 84.1 cm³/mol. The average Bonchev–Trinajstić information content (AvgIpc) is 2.46. The Hall–Kier alpha value is -2.07. The summed E-state index contributed by atoms with van der Waals surface area (Å²) in [5, 5.41) is 0.914. The molecular weight excluding hydrogens is 252 g/mol. The van der Waals surface area contributed by atoms with E-state index in [4.69, 9.17) is 10.2 Å². The largest absolute Gasteiger partial charge is 0.422 e. The highest BCUT2D eigenvalue weighted by molar-refractivity contribution is 5.82. The van der Waals surface area contributed by atoms with Crippen LogP contribution in [0.1, 0.15) is 19.4 Å². The molecule has 0 fully saturated rings. The van der Waals surface area contributed by atoms with Gasteiger partial charge in [0.1, 0.15) is 5.58 Å². The van der Waals surface area contributed by atoms with Gasteiger partial charge in [-0.05, 0) is 32.0 Å². The minimum absolute atomic E-state index is 0.334. The second-order valence-corrected chi connectivity index (χ2v) is 4.52. The molecule has 4 nitrogen and oxygen atoms in total. The van der Waals surface area contributed by atoms with Crippen molar-refractivity contribution in [3.05, 3.63) is 46.3 Å². The van der Waals surface area contributed by atoms with E-state index in [2.05, 4.69) is 18.7 Å². The SMILES string of the molecule is CCN(CC)c1ccc2cc(/C=C/CN)c(=O)oc2c1. The molecule has 106 valence electrons. The van der Waals surface area contributed by atoms with E-state index >= 15 is 0 Å². The smallest absolute Gasteiger partial charge is 0.343 e. The average molecular weight is 272 g/mol. The number of rotatable bonds is 5. The fourth-order valence-corrected chi connectivity index (χ4v) is 2.21. The number of nitrogens with two attached hydrogens (primary N) is 1. The van der Waals surface area contributed by atoms with E-state index in [9.17, 15) is 4.79 Å². The molecule has 0 aliphatic carbocycles. The molecule has 1 aromatic heterocycles. The first kappa shape index (κ1) is 14.3. The van der Waals surface area contributed by atoms with Crippen LogP contribution in [-0.2, 0) is 0 Å². The van der Waals surface area contributed by atoms with Crippen molar-refractivity contribution in [3.63, 3.8) is 0 Å². The molecular formula is C16H20N2O2. The van der Waals surface area contributed by atoms with Crippen molar-refractivity contribution in [3.8, 4) is 0 Å². The molecule has 20 heavy (non-hydrogen) atoms. The molecule has 0 radical (unpaired) electrons. The maximum absolute atomic E-state index is 11.9. The number of nitrogens with zero attached hydrogens (tertiary/aromatic N) is 1. The van der Waals surface area contributed by atoms with Gasteiger partial charge in [-0.25, -0.2) is 4.79 Å². The van der Waals surface area contributed by atoms with Crippen LogP contribution >= 0.6 is 0 Å². The molecule has 2 rings (SSSR count). The third-order valence-electron chi connectivity index (χ3n) is 3.31. The molecule has 4 heteroatoms. The number of benzene rings is 1. The summed E-state index contributed by atoms with van der Waals surface area (Å²) in [6.45, 7) is 6.45. The highest BCUT2D eigenvalue weighted by Gasteiger charge is 2.06. The maximum Gasteiger partial charge on any atom is 0.343 e. The Balaban J connectivity index is 2.50. The number of anilines is 1. The molecule has 0 bridgehead atoms. The maximum atomic E-state index is 11.9. The van der Waals surface area contributed by atoms with Gasteiger partial charge in [-0.1, -0.05) is 12.2 Å². The van der Waals surface area contributed by atoms with Crippen molar-refractivity contribution in [2.24, 2.45) is 5.73 Å². The van der Waals surface area contributed by atoms with Crippen molar-refractivity contribution in [1.29, 1.82) is 0 Å². The highest BCUT2D eigenvalue weighted by atomic mass is 16.4. The molecule has 0 saturated carbocycles. The standard InChI is InChI=1S/C16H20N2O2/c1-3-18(4-2)14-8-7-12-10-13(6-5-9-17)16(19)20-15(12)11-14/h5-8,10-11H,3-4,9,17H2,1-2H3/b6-5+. The van der Waals surface area contributed by atoms with Crippen LogP contribution in [0.25, 0.3) is 17.0 Å². The van der Waals surface area contributed by atoms with Gasteiger partial charge in [0.2, 0.25) is 0 Å². The predicted octanol–water partition coefficient (Wildman–Crippen LogP) is 2.61. The highest BCUT2D eigenvalue weighted by Crippen LogP contribution is 2.22. The summed E-state index contributed by atoms with van der Waals surface area (Å²) < 4.78 is 5.40. The Kier molecular flexibility index (Phi) is 4.58. The van der Waals surface area contributed by atoms with E-state index in [0.29, 0.717) is 17.7 Å². The van der Waals surface area contributed by atoms with Crippen LogP contribution in [0.5, 0.6) is 0 Å². The van der Waals surface area contributed by atoms with Crippen LogP contribution in [-0.4, -0.2) is 19.6 Å². The van der Waals surface area contributed by atoms with Gasteiger partial charge in [0.25, 0.3) is 0 Å². The second-order valence-electron chi connectivity index (χ2n) is 4.52. The van der Waals surface area contributed by atoms with E-state index < -0.39 is 0 Å². The first-order valence-electron chi connectivity index (χ1n) is 6.89. The van der Waals surface area contributed by atoms with Crippen molar-refractivity contribution in [1.82, 2.24) is 0 Å². The summed E-state index contributed by atoms with van der Waals surface area (Å²) in [7, 11) is 0. The molecule has 0 aliphatic heterocycles. The third-order valence-corrected chi connectivity index (χ3v) is 3.31. The zero-order valence-corrected chi connectivity index (χ0v) is 11.9. The number of hydrogen-bond donors (Lipinski definition) is 1. The second kappa shape index (κ2) is 6.39. The van der Waals surface area contributed by atoms with Gasteiger partial charge >= 0.3 is 5.63 Å². The fourth-order valence-electron chi connectivity index (χ4n) is 2.21. The lowest BCUT2D eigenvalue weighted by atomic mass is 10.1. The summed E-state index contributed by atoms with van der Waals surface area (Å²) >= 11 is 0. The Morgan fingerprint density at radius 2 is 2.00 bits per heavy atom. The molecule has 0 amide bonds. The molecule has 2 aromatic rings. The molecule has 0 saturated heterocycles. The number of hydrogen-bond acceptors (Lipinski definition) is 4. The van der Waals surface area contributed by atoms with Crippen molar-refractivity contribution >= 4 is 22.7 Å². The minimum Gasteiger partial charge on any atom is -0.422 e. The van der Waals surface area contributed by atoms with Crippen LogP contribution in [0.15, 0.2) is 39.6 Å². The van der Waals surface area contributed by atoms with E-state index in [1.807, 2.05) is 24.3 Å². The van der Waals surface area contributed by atoms with Crippen LogP contribution in [0, 0.1) is 0 Å². The first-order valence-corrected chi connectivity index (χ1v) is 6.89. The fraction of sp³-hybridized carbons (Fsp3) is 0.312. The third kappa shape index (κ3) is 2.91. The molecule has 1 aromatic carbocycles. The Bertz CT molecular complexity index is 670. The van der Waals surface area contributed by atoms with E-state index in [1.165, 1.54) is 0 Å². The van der Waals surface area contributed by atoms with Gasteiger partial charge in [-0.3, -0.25) is 0 Å². The lowest BCUT2D eigenvalue weighted by molar-refractivity contribution is 0.559. The Morgan fingerprint density at radius 3 is 2.65 bits per heavy atom. The van der Waals surface area contributed by atoms with Gasteiger partial charge in [0.15, 0.2) is 0 Å². The van der Waals surface area contributed by atoms with Crippen molar-refractivity contribution in [2.45, 2.75) is 13.8 Å². The van der Waals surface area contributed by atoms with Crippen LogP contribution in [0.2, 0.25) is 0 Å². The van der Waals surface area contributed by atoms with Gasteiger partial charge in [0, 0.05) is 36.8 Å². The van der Waals surface area contributed by atoms with Gasteiger partial charge < -0.3 is 15.1 Å². The molecule has 1 heterocycles. The summed E-state index contributed by atoms with van der Waals surface area (Å²) in [6.07, 6.45) is 3.44. The van der Waals surface area contributed by atoms with Crippen LogP contribution < -0.4 is 16.3 Å². The quantitative estimate of drug-likeness (QED) is 0.850. The van der Waals surface area contributed by atoms with Gasteiger partial charge in [-0.15, -0.1) is 0 Å². The Labute approximate surface area is 118 Å². The lowest BCUT2D eigenvalue weighted by Crippen LogP contribution is -2.21. The normalized spacial score (nSPS) is 11.3. The van der Waals surface area contributed by atoms with E-state index in [1.54, 1.807) is 12.2 Å². The van der Waals surface area contributed by atoms with Crippen molar-refractivity contribution in [2.75, 3.05) is 24.5 Å². The lowest BCUT2D eigenvalue weighted by Gasteiger charge is -2.20. The topological polar surface area (TPSA) is 59.5 Å². The summed E-state index contributed by atoms with van der Waals surface area (Å²) in [4.78, 5) is 14.1. The monoisotopic (exact) mass is 272 g/mol. The Morgan fingerprint density at radius 1 is 1.25 bits per heavy atom. The summed E-state index contributed by atoms with van der Waals surface area (Å²) in [5.41, 5.74) is 7.27. The molecule has 0 atom stereocenters. The zero-order chi connectivity index (χ0) is 14.5. The summed E-state index contributed by atoms with van der Waals surface area (Å²) in [6, 6.07) is 7.77.